The number of benzene rings is 1. The Morgan fingerprint density at radius 2 is 1.90 bits per heavy atom. The van der Waals surface area contributed by atoms with E-state index < -0.39 is 17.9 Å². The first-order chi connectivity index (χ1) is 9.43. The molecule has 0 amide bonds. The van der Waals surface area contributed by atoms with Gasteiger partial charge in [-0.2, -0.15) is 0 Å². The van der Waals surface area contributed by atoms with Crippen LogP contribution in [-0.4, -0.2) is 40.1 Å². The summed E-state index contributed by atoms with van der Waals surface area (Å²) in [6.45, 7) is 2.81. The fourth-order valence-electron chi connectivity index (χ4n) is 1.79. The number of carboxylic acid groups (broad SMARTS) is 2. The normalized spacial score (nSPS) is 11.8. The number of carboxylic acids is 2. The van der Waals surface area contributed by atoms with Crippen molar-refractivity contribution in [3.05, 3.63) is 35.4 Å². The number of terminal acetylenes is 1. The van der Waals surface area contributed by atoms with Crippen LogP contribution in [0.1, 0.15) is 22.8 Å². The molecule has 0 heterocycles. The van der Waals surface area contributed by atoms with Gasteiger partial charge in [-0.15, -0.1) is 6.42 Å². The molecule has 0 aromatic heterocycles. The first kappa shape index (κ1) is 15.7. The van der Waals surface area contributed by atoms with Gasteiger partial charge in [0.15, 0.2) is 0 Å². The molecule has 2 N–H and O–H groups in total. The molecule has 0 saturated heterocycles. The van der Waals surface area contributed by atoms with Gasteiger partial charge < -0.3 is 10.2 Å². The van der Waals surface area contributed by atoms with Crippen LogP contribution in [0.4, 0.5) is 0 Å². The SMILES string of the molecule is C#CCN(Cc1ccc(C(=O)O)cc1)CC(C)C(=O)O. The molecule has 0 aliphatic carbocycles. The Morgan fingerprint density at radius 1 is 1.30 bits per heavy atom. The molecule has 20 heavy (non-hydrogen) atoms. The Bertz CT molecular complexity index is 516. The first-order valence-corrected chi connectivity index (χ1v) is 6.15. The number of carbonyl (C=O) groups is 2. The maximum Gasteiger partial charge on any atom is 0.335 e. The quantitative estimate of drug-likeness (QED) is 0.738. The van der Waals surface area contributed by atoms with Gasteiger partial charge in [0.2, 0.25) is 0 Å². The highest BCUT2D eigenvalue weighted by atomic mass is 16.4. The second kappa shape index (κ2) is 7.31. The number of hydrogen-bond donors (Lipinski definition) is 2. The van der Waals surface area contributed by atoms with Gasteiger partial charge in [0.1, 0.15) is 0 Å². The van der Waals surface area contributed by atoms with Gasteiger partial charge in [-0.05, 0) is 17.7 Å². The summed E-state index contributed by atoms with van der Waals surface area (Å²) in [5.74, 6) is 0.146. The van der Waals surface area contributed by atoms with Gasteiger partial charge in [-0.25, -0.2) is 4.79 Å². The van der Waals surface area contributed by atoms with Crippen molar-refractivity contribution in [2.75, 3.05) is 13.1 Å². The highest BCUT2D eigenvalue weighted by Crippen LogP contribution is 2.09. The Kier molecular flexibility index (Phi) is 5.75. The molecule has 0 radical (unpaired) electrons. The summed E-state index contributed by atoms with van der Waals surface area (Å²) in [4.78, 5) is 23.5. The van der Waals surface area contributed by atoms with Crippen LogP contribution in [0.3, 0.4) is 0 Å². The van der Waals surface area contributed by atoms with Gasteiger partial charge in [0.05, 0.1) is 18.0 Å². The predicted molar refractivity (Wildman–Crippen MR) is 74.3 cm³/mol. The molecule has 1 rings (SSSR count). The fourth-order valence-corrected chi connectivity index (χ4v) is 1.79. The maximum absolute atomic E-state index is 10.9. The lowest BCUT2D eigenvalue weighted by molar-refractivity contribution is -0.141. The van der Waals surface area contributed by atoms with Crippen molar-refractivity contribution in [2.45, 2.75) is 13.5 Å². The number of rotatable bonds is 7. The van der Waals surface area contributed by atoms with Crippen LogP contribution in [0.25, 0.3) is 0 Å². The van der Waals surface area contributed by atoms with Crippen molar-refractivity contribution in [3.8, 4) is 12.3 Å². The van der Waals surface area contributed by atoms with E-state index in [1.54, 1.807) is 19.1 Å². The molecule has 5 nitrogen and oxygen atoms in total. The molecule has 5 heteroatoms. The molecule has 0 aliphatic heterocycles. The number of nitrogens with zero attached hydrogens (tertiary/aromatic N) is 1. The van der Waals surface area contributed by atoms with E-state index in [1.807, 2.05) is 4.90 Å². The van der Waals surface area contributed by atoms with E-state index in [2.05, 4.69) is 5.92 Å². The summed E-state index contributed by atoms with van der Waals surface area (Å²) in [6, 6.07) is 6.45. The molecule has 1 aromatic carbocycles. The number of aliphatic carboxylic acids is 1. The molecule has 0 aliphatic rings. The standard InChI is InChI=1S/C15H17NO4/c1-3-8-16(9-11(2)14(17)18)10-12-4-6-13(7-5-12)15(19)20/h1,4-7,11H,8-10H2,2H3,(H,17,18)(H,19,20). The Labute approximate surface area is 117 Å². The highest BCUT2D eigenvalue weighted by molar-refractivity contribution is 5.87. The second-order valence-corrected chi connectivity index (χ2v) is 4.62. The third-order valence-electron chi connectivity index (χ3n) is 2.88. The minimum absolute atomic E-state index is 0.219. The minimum atomic E-state index is -0.975. The van der Waals surface area contributed by atoms with E-state index >= 15 is 0 Å². The van der Waals surface area contributed by atoms with E-state index in [4.69, 9.17) is 16.6 Å². The van der Waals surface area contributed by atoms with Crippen LogP contribution in [0.2, 0.25) is 0 Å². The van der Waals surface area contributed by atoms with Gasteiger partial charge in [0, 0.05) is 13.1 Å². The first-order valence-electron chi connectivity index (χ1n) is 6.15. The zero-order chi connectivity index (χ0) is 15.1. The fraction of sp³-hybridized carbons (Fsp3) is 0.333. The molecular formula is C15H17NO4. The summed E-state index contributed by atoms with van der Waals surface area (Å²) in [5, 5.41) is 17.7. The van der Waals surface area contributed by atoms with Crippen LogP contribution in [0, 0.1) is 18.3 Å². The van der Waals surface area contributed by atoms with Crippen molar-refractivity contribution in [3.63, 3.8) is 0 Å². The molecule has 1 atom stereocenters. The predicted octanol–water partition coefficient (Wildman–Crippen LogP) is 1.54. The molecule has 0 spiro atoms. The van der Waals surface area contributed by atoms with Crippen LogP contribution in [0.5, 0.6) is 0 Å². The van der Waals surface area contributed by atoms with Crippen molar-refractivity contribution in [2.24, 2.45) is 5.92 Å². The molecule has 0 bridgehead atoms. The second-order valence-electron chi connectivity index (χ2n) is 4.62. The van der Waals surface area contributed by atoms with Crippen molar-refractivity contribution < 1.29 is 19.8 Å². The molecule has 106 valence electrons. The topological polar surface area (TPSA) is 77.8 Å². The molecule has 0 saturated carbocycles. The molecule has 1 aromatic rings. The monoisotopic (exact) mass is 275 g/mol. The molecule has 1 unspecified atom stereocenters. The molecule has 0 fully saturated rings. The maximum atomic E-state index is 10.9. The van der Waals surface area contributed by atoms with Crippen LogP contribution >= 0.6 is 0 Å². The van der Waals surface area contributed by atoms with Crippen molar-refractivity contribution in [1.29, 1.82) is 0 Å². The third kappa shape index (κ3) is 4.75. The smallest absolute Gasteiger partial charge is 0.335 e. The van der Waals surface area contributed by atoms with Gasteiger partial charge in [-0.3, -0.25) is 9.69 Å². The zero-order valence-corrected chi connectivity index (χ0v) is 11.2. The highest BCUT2D eigenvalue weighted by Gasteiger charge is 2.16. The lowest BCUT2D eigenvalue weighted by Crippen LogP contribution is -2.31. The van der Waals surface area contributed by atoms with E-state index in [9.17, 15) is 9.59 Å². The summed E-state index contributed by atoms with van der Waals surface area (Å²) in [7, 11) is 0. The van der Waals surface area contributed by atoms with Gasteiger partial charge in [-0.1, -0.05) is 25.0 Å². The Morgan fingerprint density at radius 3 is 2.35 bits per heavy atom. The van der Waals surface area contributed by atoms with E-state index in [0.717, 1.165) is 5.56 Å². The van der Waals surface area contributed by atoms with Crippen molar-refractivity contribution >= 4 is 11.9 Å². The summed E-state index contributed by atoms with van der Waals surface area (Å²) >= 11 is 0. The summed E-state index contributed by atoms with van der Waals surface area (Å²) < 4.78 is 0. The third-order valence-corrected chi connectivity index (χ3v) is 2.88. The van der Waals surface area contributed by atoms with Gasteiger partial charge in [0.25, 0.3) is 0 Å². The number of aromatic carboxylic acids is 1. The average molecular weight is 275 g/mol. The zero-order valence-electron chi connectivity index (χ0n) is 11.2. The van der Waals surface area contributed by atoms with Gasteiger partial charge >= 0.3 is 11.9 Å². The lowest BCUT2D eigenvalue weighted by Gasteiger charge is -2.22. The lowest BCUT2D eigenvalue weighted by atomic mass is 10.1. The Hall–Kier alpha value is -2.32. The van der Waals surface area contributed by atoms with E-state index in [-0.39, 0.29) is 5.56 Å². The minimum Gasteiger partial charge on any atom is -0.481 e. The van der Waals surface area contributed by atoms with Crippen molar-refractivity contribution in [1.82, 2.24) is 4.90 Å². The summed E-state index contributed by atoms with van der Waals surface area (Å²) in [5.41, 5.74) is 1.11. The van der Waals surface area contributed by atoms with Crippen LogP contribution in [-0.2, 0) is 11.3 Å². The Balaban J connectivity index is 2.72. The largest absolute Gasteiger partial charge is 0.481 e. The molecular weight excluding hydrogens is 258 g/mol. The van der Waals surface area contributed by atoms with E-state index in [1.165, 1.54) is 12.1 Å². The summed E-state index contributed by atoms with van der Waals surface area (Å²) in [6.07, 6.45) is 5.28. The van der Waals surface area contributed by atoms with Crippen LogP contribution < -0.4 is 0 Å². The average Bonchev–Trinajstić information content (AvgIpc) is 2.39. The number of hydrogen-bond acceptors (Lipinski definition) is 3. The van der Waals surface area contributed by atoms with E-state index in [0.29, 0.717) is 19.6 Å². The van der Waals surface area contributed by atoms with Crippen LogP contribution in [0.15, 0.2) is 24.3 Å².